The number of rotatable bonds is 6. The Balaban J connectivity index is 1.14. The summed E-state index contributed by atoms with van der Waals surface area (Å²) in [7, 11) is 0. The van der Waals surface area contributed by atoms with Crippen molar-refractivity contribution in [1.82, 2.24) is 20.1 Å². The Bertz CT molecular complexity index is 1690. The molecule has 8 nitrogen and oxygen atoms in total. The number of hydrogen-bond donors (Lipinski definition) is 1. The number of anilines is 1. The van der Waals surface area contributed by atoms with E-state index in [1.807, 2.05) is 24.3 Å². The number of hydrogen-bond acceptors (Lipinski definition) is 5. The number of carbonyl (C=O) groups is 1. The van der Waals surface area contributed by atoms with Gasteiger partial charge in [0.15, 0.2) is 11.0 Å². The Morgan fingerprint density at radius 3 is 2.34 bits per heavy atom. The molecule has 44 heavy (non-hydrogen) atoms. The maximum absolute atomic E-state index is 13.2. The van der Waals surface area contributed by atoms with Gasteiger partial charge in [0, 0.05) is 23.5 Å². The quantitative estimate of drug-likeness (QED) is 0.241. The van der Waals surface area contributed by atoms with Gasteiger partial charge in [-0.2, -0.15) is 4.99 Å². The predicted molar refractivity (Wildman–Crippen MR) is 165 cm³/mol. The van der Waals surface area contributed by atoms with E-state index < -0.39 is 11.9 Å². The Hall–Kier alpha value is -4.32. The van der Waals surface area contributed by atoms with Gasteiger partial charge < -0.3 is 15.0 Å². The number of aromatic nitrogens is 3. The van der Waals surface area contributed by atoms with Gasteiger partial charge in [-0.25, -0.2) is 14.5 Å². The second-order valence-corrected chi connectivity index (χ2v) is 12.2. The van der Waals surface area contributed by atoms with Gasteiger partial charge in [-0.1, -0.05) is 53.7 Å². The zero-order chi connectivity index (χ0) is 31.1. The lowest BCUT2D eigenvalue weighted by molar-refractivity contribution is -0.274. The third-order valence-corrected chi connectivity index (χ3v) is 8.77. The number of halogens is 3. The highest BCUT2D eigenvalue weighted by atomic mass is 32.2. The number of aliphatic imine (C=N–C) groups is 1. The maximum Gasteiger partial charge on any atom is 0.573 e. The molecule has 1 aliphatic carbocycles. The van der Waals surface area contributed by atoms with Crippen molar-refractivity contribution >= 4 is 28.6 Å². The largest absolute Gasteiger partial charge is 0.573 e. The molecule has 0 unspecified atom stereocenters. The van der Waals surface area contributed by atoms with Gasteiger partial charge in [-0.05, 0) is 81.0 Å². The summed E-state index contributed by atoms with van der Waals surface area (Å²) in [5, 5.41) is 8.36. The highest BCUT2D eigenvalue weighted by molar-refractivity contribution is 8.14. The Morgan fingerprint density at radius 1 is 1.02 bits per heavy atom. The molecule has 1 N–H and O–H groups in total. The summed E-state index contributed by atoms with van der Waals surface area (Å²) in [5.74, 6) is 1.07. The van der Waals surface area contributed by atoms with Crippen LogP contribution in [-0.4, -0.2) is 44.6 Å². The first-order valence-corrected chi connectivity index (χ1v) is 15.3. The number of nitrogens with one attached hydrogen (secondary N) is 1. The van der Waals surface area contributed by atoms with E-state index in [1.165, 1.54) is 52.0 Å². The molecular weight excluding hydrogens is 589 g/mol. The standard InChI is InChI=1S/C32H31F3N6O2S/c1-20-17-21(2)27(22(3)18-20)40-15-4-16-44-30(40)37-29(42)38-31(13-14-31)24-7-5-23(6-8-24)28-36-19-41(39-28)25-9-11-26(12-10-25)43-32(33,34)35/h5-12,17-19H,4,13-16H2,1-3H3,(H,38,42)/b37-30-. The molecule has 6 rings (SSSR count). The number of ether oxygens (including phenoxy) is 1. The van der Waals surface area contributed by atoms with Crippen molar-refractivity contribution in [2.45, 2.75) is 51.9 Å². The summed E-state index contributed by atoms with van der Waals surface area (Å²) in [5.41, 5.74) is 6.50. The van der Waals surface area contributed by atoms with E-state index >= 15 is 0 Å². The lowest BCUT2D eigenvalue weighted by Crippen LogP contribution is -2.38. The van der Waals surface area contributed by atoms with Crippen LogP contribution in [0.3, 0.4) is 0 Å². The second kappa shape index (κ2) is 11.6. The Morgan fingerprint density at radius 2 is 1.70 bits per heavy atom. The van der Waals surface area contributed by atoms with E-state index in [-0.39, 0.29) is 11.8 Å². The molecule has 1 aromatic heterocycles. The molecule has 1 aliphatic heterocycles. The van der Waals surface area contributed by atoms with Crippen LogP contribution in [0.1, 0.15) is 41.5 Å². The van der Waals surface area contributed by atoms with Crippen LogP contribution in [0.25, 0.3) is 17.1 Å². The van der Waals surface area contributed by atoms with Crippen molar-refractivity contribution < 1.29 is 22.7 Å². The minimum absolute atomic E-state index is 0.309. The van der Waals surface area contributed by atoms with E-state index in [1.54, 1.807) is 11.8 Å². The monoisotopic (exact) mass is 620 g/mol. The number of aryl methyl sites for hydroxylation is 3. The minimum atomic E-state index is -4.75. The molecule has 0 radical (unpaired) electrons. The molecule has 1 saturated carbocycles. The van der Waals surface area contributed by atoms with Gasteiger partial charge in [0.1, 0.15) is 12.1 Å². The van der Waals surface area contributed by atoms with E-state index in [4.69, 9.17) is 0 Å². The van der Waals surface area contributed by atoms with E-state index in [2.05, 4.69) is 62.9 Å². The lowest BCUT2D eigenvalue weighted by atomic mass is 10.0. The summed E-state index contributed by atoms with van der Waals surface area (Å²) in [4.78, 5) is 24.3. The Labute approximate surface area is 257 Å². The normalized spacial score (nSPS) is 17.0. The maximum atomic E-state index is 13.2. The summed E-state index contributed by atoms with van der Waals surface area (Å²) >= 11 is 1.61. The fourth-order valence-corrected chi connectivity index (χ4v) is 6.59. The van der Waals surface area contributed by atoms with Crippen molar-refractivity contribution in [3.05, 3.63) is 89.2 Å². The molecule has 4 aromatic rings. The first-order valence-electron chi connectivity index (χ1n) is 14.3. The molecule has 2 amide bonds. The zero-order valence-electron chi connectivity index (χ0n) is 24.5. The molecule has 1 saturated heterocycles. The van der Waals surface area contributed by atoms with Crippen LogP contribution in [0.5, 0.6) is 5.75 Å². The summed E-state index contributed by atoms with van der Waals surface area (Å²) in [6.45, 7) is 7.11. The minimum Gasteiger partial charge on any atom is -0.406 e. The first-order chi connectivity index (χ1) is 21.0. The van der Waals surface area contributed by atoms with Crippen molar-refractivity contribution in [2.24, 2.45) is 4.99 Å². The van der Waals surface area contributed by atoms with E-state index in [9.17, 15) is 18.0 Å². The topological polar surface area (TPSA) is 84.6 Å². The number of thioether (sulfide) groups is 1. The summed E-state index contributed by atoms with van der Waals surface area (Å²) < 4.78 is 42.8. The van der Waals surface area contributed by atoms with Crippen LogP contribution in [0.2, 0.25) is 0 Å². The van der Waals surface area contributed by atoms with Gasteiger partial charge in [-0.15, -0.1) is 18.3 Å². The van der Waals surface area contributed by atoms with Crippen molar-refractivity contribution in [1.29, 1.82) is 0 Å². The molecular formula is C32H31F3N6O2S. The van der Waals surface area contributed by atoms with Crippen LogP contribution < -0.4 is 15.0 Å². The third-order valence-electron chi connectivity index (χ3n) is 7.71. The highest BCUT2D eigenvalue weighted by Gasteiger charge is 2.46. The number of amidine groups is 1. The first kappa shape index (κ1) is 29.7. The molecule has 3 aromatic carbocycles. The molecule has 228 valence electrons. The lowest BCUT2D eigenvalue weighted by Gasteiger charge is -2.32. The van der Waals surface area contributed by atoms with Crippen LogP contribution in [0, 0.1) is 20.8 Å². The smallest absolute Gasteiger partial charge is 0.406 e. The van der Waals surface area contributed by atoms with Crippen molar-refractivity contribution in [2.75, 3.05) is 17.2 Å². The van der Waals surface area contributed by atoms with Gasteiger partial charge in [0.05, 0.1) is 11.2 Å². The van der Waals surface area contributed by atoms with Gasteiger partial charge in [-0.3, -0.25) is 0 Å². The highest BCUT2D eigenvalue weighted by Crippen LogP contribution is 2.46. The molecule has 0 spiro atoms. The fraction of sp³-hybridized carbons (Fsp3) is 0.312. The fourth-order valence-electron chi connectivity index (χ4n) is 5.65. The van der Waals surface area contributed by atoms with Crippen molar-refractivity contribution in [3.63, 3.8) is 0 Å². The summed E-state index contributed by atoms with van der Waals surface area (Å²) in [6.07, 6.45) is -0.602. The average molecular weight is 621 g/mol. The molecule has 2 aliphatic rings. The second-order valence-electron chi connectivity index (χ2n) is 11.1. The number of carbonyl (C=O) groups excluding carboxylic acids is 1. The number of alkyl halides is 3. The van der Waals surface area contributed by atoms with Gasteiger partial charge >= 0.3 is 12.4 Å². The molecule has 0 atom stereocenters. The van der Waals surface area contributed by atoms with Gasteiger partial charge in [0.2, 0.25) is 0 Å². The molecule has 2 heterocycles. The Kier molecular flexibility index (Phi) is 7.87. The van der Waals surface area contributed by atoms with E-state index in [0.717, 1.165) is 53.5 Å². The number of urea groups is 1. The van der Waals surface area contributed by atoms with Crippen molar-refractivity contribution in [3.8, 4) is 22.8 Å². The van der Waals surface area contributed by atoms with Crippen LogP contribution in [0.15, 0.2) is 72.0 Å². The predicted octanol–water partition coefficient (Wildman–Crippen LogP) is 7.46. The number of amides is 2. The summed E-state index contributed by atoms with van der Waals surface area (Å²) in [6, 6.07) is 17.1. The van der Waals surface area contributed by atoms with Crippen LogP contribution in [0.4, 0.5) is 23.7 Å². The third kappa shape index (κ3) is 6.45. The zero-order valence-corrected chi connectivity index (χ0v) is 25.3. The molecule has 12 heteroatoms. The number of benzene rings is 3. The van der Waals surface area contributed by atoms with Gasteiger partial charge in [0.25, 0.3) is 0 Å². The van der Waals surface area contributed by atoms with E-state index in [0.29, 0.717) is 11.5 Å². The van der Waals surface area contributed by atoms with Crippen LogP contribution >= 0.6 is 11.8 Å². The number of nitrogens with zero attached hydrogens (tertiary/aromatic N) is 5. The SMILES string of the molecule is Cc1cc(C)c(N2CCCS/C2=N\C(=O)NC2(c3ccc(-c4ncn(-c5ccc(OC(F)(F)F)cc5)n4)cc3)CC2)c(C)c1. The van der Waals surface area contributed by atoms with Crippen LogP contribution in [-0.2, 0) is 5.54 Å². The average Bonchev–Trinajstić information content (AvgIpc) is 3.57. The molecule has 2 fully saturated rings. The molecule has 0 bridgehead atoms.